The zero-order chi connectivity index (χ0) is 13.2. The number of nitrogens with two attached hydrogens (primary N) is 1. The standard InChI is InChI=1S/C14H21NO2S/c1-11-4-2-5-12(8-11)10-18(16,17)14-7-3-6-13(15)9-14/h2,4-5,8,13-14H,3,6-7,9-10,15H2,1H3. The SMILES string of the molecule is Cc1cccc(CS(=O)(=O)C2CCCC(N)C2)c1. The first-order chi connectivity index (χ1) is 8.47. The van der Waals surface area contributed by atoms with Gasteiger partial charge in [-0.2, -0.15) is 0 Å². The van der Waals surface area contributed by atoms with Gasteiger partial charge in [0.05, 0.1) is 11.0 Å². The van der Waals surface area contributed by atoms with Crippen molar-refractivity contribution in [2.24, 2.45) is 5.73 Å². The maximum atomic E-state index is 12.4. The largest absolute Gasteiger partial charge is 0.328 e. The summed E-state index contributed by atoms with van der Waals surface area (Å²) in [6.07, 6.45) is 3.27. The van der Waals surface area contributed by atoms with Gasteiger partial charge in [-0.05, 0) is 31.7 Å². The van der Waals surface area contributed by atoms with Crippen molar-refractivity contribution in [2.45, 2.75) is 49.7 Å². The van der Waals surface area contributed by atoms with Crippen LogP contribution in [0.3, 0.4) is 0 Å². The van der Waals surface area contributed by atoms with E-state index >= 15 is 0 Å². The molecule has 0 radical (unpaired) electrons. The van der Waals surface area contributed by atoms with Gasteiger partial charge >= 0.3 is 0 Å². The van der Waals surface area contributed by atoms with E-state index in [0.717, 1.165) is 30.4 Å². The van der Waals surface area contributed by atoms with Crippen molar-refractivity contribution in [3.05, 3.63) is 35.4 Å². The number of hydrogen-bond donors (Lipinski definition) is 1. The number of benzene rings is 1. The first kappa shape index (κ1) is 13.6. The third-order valence-corrected chi connectivity index (χ3v) is 5.80. The van der Waals surface area contributed by atoms with E-state index in [4.69, 9.17) is 5.73 Å². The summed E-state index contributed by atoms with van der Waals surface area (Å²) in [6.45, 7) is 1.98. The Morgan fingerprint density at radius 2 is 2.11 bits per heavy atom. The maximum absolute atomic E-state index is 12.4. The summed E-state index contributed by atoms with van der Waals surface area (Å²) in [4.78, 5) is 0. The first-order valence-corrected chi connectivity index (χ1v) is 8.21. The lowest BCUT2D eigenvalue weighted by atomic mass is 9.96. The Morgan fingerprint density at radius 3 is 2.78 bits per heavy atom. The molecule has 4 heteroatoms. The van der Waals surface area contributed by atoms with Gasteiger partial charge in [-0.25, -0.2) is 8.42 Å². The third-order valence-electron chi connectivity index (χ3n) is 3.62. The highest BCUT2D eigenvalue weighted by atomic mass is 32.2. The summed E-state index contributed by atoms with van der Waals surface area (Å²) in [5, 5.41) is -0.248. The molecule has 1 aliphatic rings. The van der Waals surface area contributed by atoms with E-state index in [9.17, 15) is 8.42 Å². The predicted molar refractivity (Wildman–Crippen MR) is 74.0 cm³/mol. The molecule has 0 spiro atoms. The Hall–Kier alpha value is -0.870. The van der Waals surface area contributed by atoms with Gasteiger partial charge in [0.25, 0.3) is 0 Å². The molecule has 0 aromatic heterocycles. The Balaban J connectivity index is 2.11. The molecule has 0 bridgehead atoms. The molecule has 0 aliphatic heterocycles. The lowest BCUT2D eigenvalue weighted by Gasteiger charge is -2.26. The van der Waals surface area contributed by atoms with E-state index in [1.54, 1.807) is 0 Å². The lowest BCUT2D eigenvalue weighted by Crippen LogP contribution is -2.35. The Kier molecular flexibility index (Phi) is 4.07. The number of aryl methyl sites for hydroxylation is 1. The van der Waals surface area contributed by atoms with Gasteiger partial charge in [0.15, 0.2) is 9.84 Å². The summed E-state index contributed by atoms with van der Waals surface area (Å²) < 4.78 is 24.7. The van der Waals surface area contributed by atoms with Crippen LogP contribution in [0.5, 0.6) is 0 Å². The van der Waals surface area contributed by atoms with Crippen LogP contribution in [-0.2, 0) is 15.6 Å². The molecule has 0 saturated heterocycles. The first-order valence-electron chi connectivity index (χ1n) is 6.50. The second-order valence-electron chi connectivity index (χ2n) is 5.34. The molecule has 0 amide bonds. The van der Waals surface area contributed by atoms with E-state index < -0.39 is 9.84 Å². The van der Waals surface area contributed by atoms with Crippen LogP contribution in [-0.4, -0.2) is 19.7 Å². The summed E-state index contributed by atoms with van der Waals surface area (Å²) in [7, 11) is -3.07. The fourth-order valence-electron chi connectivity index (χ4n) is 2.66. The van der Waals surface area contributed by atoms with Gasteiger partial charge in [0, 0.05) is 6.04 Å². The second kappa shape index (κ2) is 5.41. The number of sulfone groups is 1. The van der Waals surface area contributed by atoms with Crippen molar-refractivity contribution < 1.29 is 8.42 Å². The van der Waals surface area contributed by atoms with Gasteiger partial charge in [-0.1, -0.05) is 36.2 Å². The summed E-state index contributed by atoms with van der Waals surface area (Å²) in [5.41, 5.74) is 7.86. The number of hydrogen-bond acceptors (Lipinski definition) is 3. The topological polar surface area (TPSA) is 60.2 Å². The molecule has 1 aromatic carbocycles. The normalized spacial score (nSPS) is 25.0. The van der Waals surface area contributed by atoms with Crippen LogP contribution in [0.4, 0.5) is 0 Å². The summed E-state index contributed by atoms with van der Waals surface area (Å²) >= 11 is 0. The Morgan fingerprint density at radius 1 is 1.33 bits per heavy atom. The second-order valence-corrected chi connectivity index (χ2v) is 7.63. The highest BCUT2D eigenvalue weighted by Gasteiger charge is 2.30. The minimum absolute atomic E-state index is 0.0519. The quantitative estimate of drug-likeness (QED) is 0.913. The van der Waals surface area contributed by atoms with Crippen molar-refractivity contribution in [1.29, 1.82) is 0 Å². The van der Waals surface area contributed by atoms with Crippen LogP contribution in [0.2, 0.25) is 0 Å². The Bertz CT molecular complexity index is 510. The molecule has 2 atom stereocenters. The van der Waals surface area contributed by atoms with Crippen LogP contribution in [0.25, 0.3) is 0 Å². The van der Waals surface area contributed by atoms with E-state index in [0.29, 0.717) is 6.42 Å². The monoisotopic (exact) mass is 267 g/mol. The molecule has 2 N–H and O–H groups in total. The average Bonchev–Trinajstić information content (AvgIpc) is 2.28. The average molecular weight is 267 g/mol. The summed E-state index contributed by atoms with van der Waals surface area (Å²) in [5.74, 6) is 0.145. The minimum atomic E-state index is -3.07. The van der Waals surface area contributed by atoms with Crippen molar-refractivity contribution in [1.82, 2.24) is 0 Å². The van der Waals surface area contributed by atoms with E-state index in [-0.39, 0.29) is 17.0 Å². The zero-order valence-corrected chi connectivity index (χ0v) is 11.6. The minimum Gasteiger partial charge on any atom is -0.328 e. The molecule has 2 rings (SSSR count). The van der Waals surface area contributed by atoms with Gasteiger partial charge in [0.1, 0.15) is 0 Å². The molecule has 1 fully saturated rings. The van der Waals surface area contributed by atoms with Crippen LogP contribution in [0, 0.1) is 6.92 Å². The molecule has 100 valence electrons. The van der Waals surface area contributed by atoms with Gasteiger partial charge < -0.3 is 5.73 Å². The van der Waals surface area contributed by atoms with E-state index in [1.165, 1.54) is 0 Å². The van der Waals surface area contributed by atoms with Crippen LogP contribution >= 0.6 is 0 Å². The van der Waals surface area contributed by atoms with E-state index in [2.05, 4.69) is 0 Å². The van der Waals surface area contributed by atoms with Crippen LogP contribution in [0.1, 0.15) is 36.8 Å². The fourth-order valence-corrected chi connectivity index (χ4v) is 4.61. The fraction of sp³-hybridized carbons (Fsp3) is 0.571. The molecule has 18 heavy (non-hydrogen) atoms. The highest BCUT2D eigenvalue weighted by molar-refractivity contribution is 7.91. The van der Waals surface area contributed by atoms with Gasteiger partial charge in [0.2, 0.25) is 0 Å². The zero-order valence-electron chi connectivity index (χ0n) is 10.8. The molecule has 1 aromatic rings. The number of rotatable bonds is 3. The van der Waals surface area contributed by atoms with E-state index in [1.807, 2.05) is 31.2 Å². The Labute approximate surface area is 109 Å². The molecule has 2 unspecified atom stereocenters. The van der Waals surface area contributed by atoms with Gasteiger partial charge in [-0.3, -0.25) is 0 Å². The summed E-state index contributed by atoms with van der Waals surface area (Å²) in [6, 6.07) is 7.77. The third kappa shape index (κ3) is 3.33. The van der Waals surface area contributed by atoms with Gasteiger partial charge in [-0.15, -0.1) is 0 Å². The van der Waals surface area contributed by atoms with Crippen molar-refractivity contribution in [3.8, 4) is 0 Å². The lowest BCUT2D eigenvalue weighted by molar-refractivity contribution is 0.433. The van der Waals surface area contributed by atoms with Crippen LogP contribution in [0.15, 0.2) is 24.3 Å². The predicted octanol–water partition coefficient (Wildman–Crippen LogP) is 2.18. The molecule has 0 heterocycles. The van der Waals surface area contributed by atoms with Crippen molar-refractivity contribution in [2.75, 3.05) is 0 Å². The van der Waals surface area contributed by atoms with Crippen molar-refractivity contribution in [3.63, 3.8) is 0 Å². The smallest absolute Gasteiger partial charge is 0.157 e. The van der Waals surface area contributed by atoms with Crippen LogP contribution < -0.4 is 5.73 Å². The highest BCUT2D eigenvalue weighted by Crippen LogP contribution is 2.25. The molecule has 1 aliphatic carbocycles. The van der Waals surface area contributed by atoms with Crippen molar-refractivity contribution >= 4 is 9.84 Å². The maximum Gasteiger partial charge on any atom is 0.157 e. The molecule has 3 nitrogen and oxygen atoms in total. The molecular weight excluding hydrogens is 246 g/mol. The molecular formula is C14H21NO2S. The molecule has 1 saturated carbocycles.